The molecule has 0 unspecified atom stereocenters. The van der Waals surface area contributed by atoms with Crippen LogP contribution < -0.4 is 18.5 Å². The smallest absolute Gasteiger partial charge is 0.0223 e. The fraction of sp³-hybridized carbons (Fsp3) is 1.00. The molecular formula is C5H20ClN3. The zero-order chi connectivity index (χ0) is 4.83. The summed E-state index contributed by atoms with van der Waals surface area (Å²) >= 11 is 5.38. The van der Waals surface area contributed by atoms with E-state index in [-0.39, 0.29) is 18.5 Å². The van der Waals surface area contributed by atoms with E-state index in [1.807, 2.05) is 0 Å². The molecule has 0 bridgehead atoms. The Morgan fingerprint density at radius 3 is 1.56 bits per heavy atom. The Kier molecular flexibility index (Phi) is 61.5. The molecule has 0 atom stereocenters. The molecule has 0 aromatic rings. The first-order valence-electron chi connectivity index (χ1n) is 2.47. The van der Waals surface area contributed by atoms with Crippen molar-refractivity contribution in [1.29, 1.82) is 0 Å². The van der Waals surface area contributed by atoms with Crippen molar-refractivity contribution in [3.8, 4) is 0 Å². The monoisotopic (exact) mass is 157 g/mol. The largest absolute Gasteiger partial charge is 0.344 e. The van der Waals surface area contributed by atoms with Crippen LogP contribution in [0.25, 0.3) is 0 Å². The second kappa shape index (κ2) is 24.2. The van der Waals surface area contributed by atoms with E-state index < -0.39 is 0 Å². The van der Waals surface area contributed by atoms with E-state index in [9.17, 15) is 0 Å². The molecule has 0 aromatic carbocycles. The number of rotatable bonds is 3. The Morgan fingerprint density at radius 2 is 1.44 bits per heavy atom. The highest BCUT2D eigenvalue weighted by molar-refractivity contribution is 6.17. The van der Waals surface area contributed by atoms with Gasteiger partial charge in [0, 0.05) is 5.88 Å². The van der Waals surface area contributed by atoms with Gasteiger partial charge in [0.05, 0.1) is 0 Å². The number of hydrogen-bond acceptors (Lipinski definition) is 3. The summed E-state index contributed by atoms with van der Waals surface area (Å²) in [6.07, 6.45) is 3.73. The van der Waals surface area contributed by atoms with Gasteiger partial charge in [-0.2, -0.15) is 0 Å². The molecule has 0 aliphatic carbocycles. The van der Waals surface area contributed by atoms with Gasteiger partial charge in [-0.05, 0) is 6.42 Å². The van der Waals surface area contributed by atoms with Crippen molar-refractivity contribution < 1.29 is 0 Å². The van der Waals surface area contributed by atoms with Gasteiger partial charge in [0.15, 0.2) is 0 Å². The fourth-order valence-corrected chi connectivity index (χ4v) is 0.533. The summed E-state index contributed by atoms with van der Waals surface area (Å²) in [5.74, 6) is 0.827. The van der Waals surface area contributed by atoms with Crippen LogP contribution in [0.4, 0.5) is 0 Å². The molecule has 9 heavy (non-hydrogen) atoms. The molecule has 0 aliphatic heterocycles. The van der Waals surface area contributed by atoms with Gasteiger partial charge < -0.3 is 18.5 Å². The van der Waals surface area contributed by atoms with Crippen LogP contribution in [0.3, 0.4) is 0 Å². The summed E-state index contributed by atoms with van der Waals surface area (Å²) in [5.41, 5.74) is 0. The third-order valence-corrected chi connectivity index (χ3v) is 1.00. The van der Waals surface area contributed by atoms with E-state index in [0.717, 1.165) is 5.88 Å². The Hall–Kier alpha value is 0.170. The molecule has 0 rings (SSSR count). The van der Waals surface area contributed by atoms with Crippen LogP contribution in [-0.2, 0) is 0 Å². The maximum Gasteiger partial charge on any atom is 0.0223 e. The van der Waals surface area contributed by atoms with Gasteiger partial charge in [0.2, 0.25) is 0 Å². The average molecular weight is 158 g/mol. The van der Waals surface area contributed by atoms with E-state index in [0.29, 0.717) is 0 Å². The third kappa shape index (κ3) is 31.0. The van der Waals surface area contributed by atoms with Gasteiger partial charge in [-0.3, -0.25) is 0 Å². The summed E-state index contributed by atoms with van der Waals surface area (Å²) in [6.45, 7) is 2.17. The van der Waals surface area contributed by atoms with E-state index in [1.165, 1.54) is 19.3 Å². The van der Waals surface area contributed by atoms with Gasteiger partial charge in [-0.25, -0.2) is 0 Å². The van der Waals surface area contributed by atoms with Crippen LogP contribution in [0.5, 0.6) is 0 Å². The average Bonchev–Trinajstić information content (AvgIpc) is 1.61. The number of alkyl halides is 1. The molecule has 3 nitrogen and oxygen atoms in total. The van der Waals surface area contributed by atoms with Gasteiger partial charge in [-0.1, -0.05) is 19.8 Å². The molecule has 0 saturated heterocycles. The number of hydrogen-bond donors (Lipinski definition) is 3. The second-order valence-corrected chi connectivity index (χ2v) is 1.77. The zero-order valence-electron chi connectivity index (χ0n) is 6.33. The van der Waals surface area contributed by atoms with Crippen molar-refractivity contribution in [3.63, 3.8) is 0 Å². The van der Waals surface area contributed by atoms with E-state index in [1.54, 1.807) is 0 Å². The minimum Gasteiger partial charge on any atom is -0.344 e. The highest BCUT2D eigenvalue weighted by Gasteiger charge is 1.76. The molecule has 0 heterocycles. The Balaban J connectivity index is -0.0000000417. The molecule has 0 spiro atoms. The summed E-state index contributed by atoms with van der Waals surface area (Å²) < 4.78 is 0. The first kappa shape index (κ1) is 22.9. The zero-order valence-corrected chi connectivity index (χ0v) is 7.08. The normalized spacial score (nSPS) is 6.00. The lowest BCUT2D eigenvalue weighted by molar-refractivity contribution is 0.776. The maximum absolute atomic E-state index is 5.38. The maximum atomic E-state index is 5.38. The topological polar surface area (TPSA) is 105 Å². The van der Waals surface area contributed by atoms with Crippen molar-refractivity contribution in [2.45, 2.75) is 26.2 Å². The predicted octanol–water partition coefficient (Wildman–Crippen LogP) is 2.90. The molecule has 0 amide bonds. The van der Waals surface area contributed by atoms with Crippen molar-refractivity contribution in [3.05, 3.63) is 0 Å². The van der Waals surface area contributed by atoms with Crippen LogP contribution in [-0.4, -0.2) is 5.88 Å². The van der Waals surface area contributed by atoms with Crippen LogP contribution in [0.15, 0.2) is 0 Å². The van der Waals surface area contributed by atoms with Gasteiger partial charge in [0.1, 0.15) is 0 Å². The molecule has 9 N–H and O–H groups in total. The first-order chi connectivity index (χ1) is 2.91. The SMILES string of the molecule is CCCCCCl.N.N.N. The summed E-state index contributed by atoms with van der Waals surface area (Å²) in [4.78, 5) is 0. The van der Waals surface area contributed by atoms with Crippen molar-refractivity contribution in [2.24, 2.45) is 0 Å². The Morgan fingerprint density at radius 1 is 1.00 bits per heavy atom. The Labute approximate surface area is 62.9 Å². The van der Waals surface area contributed by atoms with Gasteiger partial charge in [0.25, 0.3) is 0 Å². The van der Waals surface area contributed by atoms with Crippen LogP contribution >= 0.6 is 11.6 Å². The summed E-state index contributed by atoms with van der Waals surface area (Å²) in [6, 6.07) is 0. The minimum absolute atomic E-state index is 0. The molecule has 62 valence electrons. The lowest BCUT2D eigenvalue weighted by atomic mass is 10.3. The number of unbranched alkanes of at least 4 members (excludes halogenated alkanes) is 2. The molecule has 0 saturated carbocycles. The highest BCUT2D eigenvalue weighted by Crippen LogP contribution is 1.93. The molecule has 4 heteroatoms. The third-order valence-electron chi connectivity index (χ3n) is 0.737. The highest BCUT2D eigenvalue weighted by atomic mass is 35.5. The number of halogens is 1. The summed E-state index contributed by atoms with van der Waals surface area (Å²) in [7, 11) is 0. The molecule has 0 aromatic heterocycles. The van der Waals surface area contributed by atoms with Gasteiger partial charge in [-0.15, -0.1) is 11.6 Å². The molecule has 0 fully saturated rings. The summed E-state index contributed by atoms with van der Waals surface area (Å²) in [5, 5.41) is 0. The predicted molar refractivity (Wildman–Crippen MR) is 45.3 cm³/mol. The van der Waals surface area contributed by atoms with Crippen LogP contribution in [0.1, 0.15) is 26.2 Å². The second-order valence-electron chi connectivity index (χ2n) is 1.40. The van der Waals surface area contributed by atoms with Crippen molar-refractivity contribution in [1.82, 2.24) is 18.5 Å². The van der Waals surface area contributed by atoms with Crippen molar-refractivity contribution >= 4 is 11.6 Å². The minimum atomic E-state index is 0. The standard InChI is InChI=1S/C5H11Cl.3H3N/c1-2-3-4-5-6;;;/h2-5H2,1H3;3*1H3. The lowest BCUT2D eigenvalue weighted by Crippen LogP contribution is -1.70. The lowest BCUT2D eigenvalue weighted by Gasteiger charge is -1.84. The van der Waals surface area contributed by atoms with Crippen molar-refractivity contribution in [2.75, 3.05) is 5.88 Å². The van der Waals surface area contributed by atoms with E-state index >= 15 is 0 Å². The Bertz CT molecular complexity index is 24.2. The quantitative estimate of drug-likeness (QED) is 0.433. The van der Waals surface area contributed by atoms with Crippen LogP contribution in [0, 0.1) is 0 Å². The molecular weight excluding hydrogens is 138 g/mol. The molecule has 0 aliphatic rings. The first-order valence-corrected chi connectivity index (χ1v) is 3.01. The molecule has 0 radical (unpaired) electrons. The van der Waals surface area contributed by atoms with E-state index in [2.05, 4.69) is 6.92 Å². The van der Waals surface area contributed by atoms with Crippen LogP contribution in [0.2, 0.25) is 0 Å². The van der Waals surface area contributed by atoms with E-state index in [4.69, 9.17) is 11.6 Å². The van der Waals surface area contributed by atoms with Gasteiger partial charge >= 0.3 is 0 Å². The fourth-order valence-electron chi connectivity index (χ4n) is 0.344.